The monoisotopic (exact) mass is 317 g/mol. The van der Waals surface area contributed by atoms with Crippen LogP contribution in [0.5, 0.6) is 0 Å². The molecule has 0 bridgehead atoms. The van der Waals surface area contributed by atoms with Gasteiger partial charge in [-0.2, -0.15) is 0 Å². The number of amides is 1. The van der Waals surface area contributed by atoms with Gasteiger partial charge in [-0.25, -0.2) is 9.97 Å². The molecule has 1 amide bonds. The molecular formula is C20H19N3O. The second-order valence-corrected chi connectivity index (χ2v) is 6.25. The molecule has 24 heavy (non-hydrogen) atoms. The van der Waals surface area contributed by atoms with Crippen molar-refractivity contribution in [2.24, 2.45) is 0 Å². The number of likely N-dealkylation sites (tertiary alicyclic amines) is 1. The number of nitrogens with zero attached hydrogens (tertiary/aromatic N) is 3. The quantitative estimate of drug-likeness (QED) is 0.725. The number of carbonyl (C=O) groups excluding carboxylic acids is 1. The number of benzene rings is 1. The lowest BCUT2D eigenvalue weighted by molar-refractivity contribution is 0.0701. The zero-order valence-corrected chi connectivity index (χ0v) is 13.4. The Morgan fingerprint density at radius 2 is 1.92 bits per heavy atom. The van der Waals surface area contributed by atoms with E-state index in [0.29, 0.717) is 17.3 Å². The Bertz CT molecular complexity index is 863. The lowest BCUT2D eigenvalue weighted by Gasteiger charge is -2.32. The van der Waals surface area contributed by atoms with Gasteiger partial charge < -0.3 is 4.90 Å². The first-order valence-corrected chi connectivity index (χ1v) is 8.37. The molecule has 120 valence electrons. The molecule has 3 aromatic rings. The zero-order chi connectivity index (χ0) is 16.4. The minimum Gasteiger partial charge on any atom is -0.337 e. The van der Waals surface area contributed by atoms with Gasteiger partial charge in [0.05, 0.1) is 0 Å². The number of aromatic nitrogens is 2. The Labute approximate surface area is 141 Å². The third-order valence-electron chi connectivity index (χ3n) is 4.66. The normalized spacial score (nSPS) is 17.8. The summed E-state index contributed by atoms with van der Waals surface area (Å²) in [6.07, 6.45) is 3.85. The molecule has 0 spiro atoms. The highest BCUT2D eigenvalue weighted by Gasteiger charge is 2.26. The van der Waals surface area contributed by atoms with Crippen molar-refractivity contribution >= 4 is 16.9 Å². The van der Waals surface area contributed by atoms with E-state index in [2.05, 4.69) is 34.2 Å². The Hall–Kier alpha value is -2.75. The molecule has 2 aromatic heterocycles. The Morgan fingerprint density at radius 1 is 1.04 bits per heavy atom. The van der Waals surface area contributed by atoms with Crippen LogP contribution in [0.3, 0.4) is 0 Å². The average Bonchev–Trinajstić information content (AvgIpc) is 2.68. The smallest absolute Gasteiger partial charge is 0.272 e. The Balaban J connectivity index is 1.56. The first-order valence-electron chi connectivity index (χ1n) is 8.37. The van der Waals surface area contributed by atoms with Gasteiger partial charge in [0.1, 0.15) is 5.69 Å². The zero-order valence-electron chi connectivity index (χ0n) is 13.4. The van der Waals surface area contributed by atoms with Gasteiger partial charge in [0.15, 0.2) is 5.65 Å². The van der Waals surface area contributed by atoms with Crippen LogP contribution in [0.15, 0.2) is 60.8 Å². The fourth-order valence-electron chi connectivity index (χ4n) is 3.39. The SMILES string of the molecule is O=C(c1ccc2cccnc2n1)N1CCCC(c2ccccc2)C1. The van der Waals surface area contributed by atoms with Crippen molar-refractivity contribution in [1.29, 1.82) is 0 Å². The van der Waals surface area contributed by atoms with Gasteiger partial charge in [-0.1, -0.05) is 30.3 Å². The van der Waals surface area contributed by atoms with E-state index < -0.39 is 0 Å². The Morgan fingerprint density at radius 3 is 2.79 bits per heavy atom. The van der Waals surface area contributed by atoms with Crippen LogP contribution in [0.25, 0.3) is 11.0 Å². The minimum atomic E-state index is 0.00295. The van der Waals surface area contributed by atoms with Crippen molar-refractivity contribution in [1.82, 2.24) is 14.9 Å². The maximum atomic E-state index is 12.9. The van der Waals surface area contributed by atoms with E-state index in [0.717, 1.165) is 31.3 Å². The van der Waals surface area contributed by atoms with Gasteiger partial charge >= 0.3 is 0 Å². The van der Waals surface area contributed by atoms with Gasteiger partial charge in [-0.05, 0) is 42.7 Å². The number of pyridine rings is 2. The molecule has 3 heterocycles. The van der Waals surface area contributed by atoms with Crippen molar-refractivity contribution in [3.8, 4) is 0 Å². The van der Waals surface area contributed by atoms with Gasteiger partial charge in [0.2, 0.25) is 0 Å². The van der Waals surface area contributed by atoms with Crippen molar-refractivity contribution in [3.63, 3.8) is 0 Å². The maximum absolute atomic E-state index is 12.9. The molecule has 1 atom stereocenters. The van der Waals surface area contributed by atoms with Crippen LogP contribution in [-0.2, 0) is 0 Å². The van der Waals surface area contributed by atoms with Gasteiger partial charge in [0, 0.05) is 30.6 Å². The molecule has 0 N–H and O–H groups in total. The lowest BCUT2D eigenvalue weighted by Crippen LogP contribution is -2.39. The highest BCUT2D eigenvalue weighted by molar-refractivity contribution is 5.94. The molecule has 1 unspecified atom stereocenters. The summed E-state index contributed by atoms with van der Waals surface area (Å²) in [6.45, 7) is 1.55. The summed E-state index contributed by atoms with van der Waals surface area (Å²) in [5, 5.41) is 0.954. The molecule has 1 saturated heterocycles. The molecule has 0 saturated carbocycles. The van der Waals surface area contributed by atoms with Gasteiger partial charge in [0.25, 0.3) is 5.91 Å². The lowest BCUT2D eigenvalue weighted by atomic mass is 9.90. The highest BCUT2D eigenvalue weighted by Crippen LogP contribution is 2.27. The first kappa shape index (κ1) is 14.8. The van der Waals surface area contributed by atoms with E-state index in [1.165, 1.54) is 5.56 Å². The molecule has 4 nitrogen and oxygen atoms in total. The van der Waals surface area contributed by atoms with Crippen LogP contribution < -0.4 is 0 Å². The van der Waals surface area contributed by atoms with Crippen molar-refractivity contribution in [3.05, 3.63) is 72.1 Å². The highest BCUT2D eigenvalue weighted by atomic mass is 16.2. The molecule has 0 radical (unpaired) electrons. The molecule has 1 aromatic carbocycles. The molecule has 1 fully saturated rings. The van der Waals surface area contributed by atoms with E-state index in [-0.39, 0.29) is 5.91 Å². The van der Waals surface area contributed by atoms with E-state index in [4.69, 9.17) is 0 Å². The summed E-state index contributed by atoms with van der Waals surface area (Å²) in [4.78, 5) is 23.5. The van der Waals surface area contributed by atoms with E-state index in [1.807, 2.05) is 29.2 Å². The average molecular weight is 317 g/mol. The number of fused-ring (bicyclic) bond motifs is 1. The standard InChI is InChI=1S/C20H19N3O/c24-20(18-11-10-16-8-4-12-21-19(16)22-18)23-13-5-9-17(14-23)15-6-2-1-3-7-15/h1-4,6-8,10-12,17H,5,9,13-14H2. The predicted octanol–water partition coefficient (Wildman–Crippen LogP) is 3.65. The van der Waals surface area contributed by atoms with Crippen LogP contribution in [0.2, 0.25) is 0 Å². The van der Waals surface area contributed by atoms with Crippen molar-refractivity contribution in [2.45, 2.75) is 18.8 Å². The van der Waals surface area contributed by atoms with Crippen LogP contribution >= 0.6 is 0 Å². The van der Waals surface area contributed by atoms with E-state index in [9.17, 15) is 4.79 Å². The number of carbonyl (C=O) groups is 1. The molecule has 4 rings (SSSR count). The topological polar surface area (TPSA) is 46.1 Å². The number of piperidine rings is 1. The summed E-state index contributed by atoms with van der Waals surface area (Å²) in [5.74, 6) is 0.408. The number of hydrogen-bond donors (Lipinski definition) is 0. The van der Waals surface area contributed by atoms with E-state index in [1.54, 1.807) is 12.3 Å². The summed E-state index contributed by atoms with van der Waals surface area (Å²) in [5.41, 5.74) is 2.41. The minimum absolute atomic E-state index is 0.00295. The number of rotatable bonds is 2. The molecular weight excluding hydrogens is 298 g/mol. The summed E-state index contributed by atoms with van der Waals surface area (Å²) in [6, 6.07) is 18.0. The molecule has 1 aliphatic heterocycles. The fraction of sp³-hybridized carbons (Fsp3) is 0.250. The molecule has 0 aliphatic carbocycles. The van der Waals surface area contributed by atoms with Crippen molar-refractivity contribution in [2.75, 3.05) is 13.1 Å². The van der Waals surface area contributed by atoms with Crippen molar-refractivity contribution < 1.29 is 4.79 Å². The predicted molar refractivity (Wildman–Crippen MR) is 93.9 cm³/mol. The third-order valence-corrected chi connectivity index (χ3v) is 4.66. The van der Waals surface area contributed by atoms with Crippen LogP contribution in [0, 0.1) is 0 Å². The van der Waals surface area contributed by atoms with Crippen LogP contribution in [0.1, 0.15) is 34.8 Å². The number of hydrogen-bond acceptors (Lipinski definition) is 3. The summed E-state index contributed by atoms with van der Waals surface area (Å²) in [7, 11) is 0. The molecule has 1 aliphatic rings. The summed E-state index contributed by atoms with van der Waals surface area (Å²) < 4.78 is 0. The second-order valence-electron chi connectivity index (χ2n) is 6.25. The maximum Gasteiger partial charge on any atom is 0.272 e. The third kappa shape index (κ3) is 2.87. The fourth-order valence-corrected chi connectivity index (χ4v) is 3.39. The van der Waals surface area contributed by atoms with Gasteiger partial charge in [-0.3, -0.25) is 4.79 Å². The Kier molecular flexibility index (Phi) is 3.95. The molecule has 4 heteroatoms. The summed E-state index contributed by atoms with van der Waals surface area (Å²) >= 11 is 0. The van der Waals surface area contributed by atoms with Crippen LogP contribution in [0.4, 0.5) is 0 Å². The second kappa shape index (κ2) is 6.40. The largest absolute Gasteiger partial charge is 0.337 e. The van der Waals surface area contributed by atoms with Gasteiger partial charge in [-0.15, -0.1) is 0 Å². The van der Waals surface area contributed by atoms with E-state index >= 15 is 0 Å². The first-order chi connectivity index (χ1) is 11.8. The van der Waals surface area contributed by atoms with Crippen LogP contribution in [-0.4, -0.2) is 33.9 Å².